The zero-order valence-electron chi connectivity index (χ0n) is 16.5. The Balaban J connectivity index is 1.71. The molecule has 1 N–H and O–H groups in total. The second-order valence-corrected chi connectivity index (χ2v) is 8.21. The van der Waals surface area contributed by atoms with Crippen LogP contribution in [0.4, 0.5) is 13.2 Å². The van der Waals surface area contributed by atoms with Crippen molar-refractivity contribution in [1.29, 1.82) is 0 Å². The van der Waals surface area contributed by atoms with Crippen LogP contribution >= 0.6 is 11.6 Å². The van der Waals surface area contributed by atoms with Crippen molar-refractivity contribution < 1.29 is 18.3 Å². The quantitative estimate of drug-likeness (QED) is 0.604. The van der Waals surface area contributed by atoms with E-state index in [1.807, 2.05) is 48.7 Å². The van der Waals surface area contributed by atoms with Crippen LogP contribution in [0.1, 0.15) is 42.6 Å². The van der Waals surface area contributed by atoms with Crippen molar-refractivity contribution in [3.63, 3.8) is 0 Å². The standard InChI is InChI=1S/C22H21ClF3N3O/c1-21(2)19-17(28(13-27-19)14-7-4-3-5-8-14)11-12-29(21)20(30)15-9-6-10-16(18(15)23)22(24,25)26/h3-10,13,20,30H,11-12H2,1-2H3. The van der Waals surface area contributed by atoms with Crippen LogP contribution in [0.5, 0.6) is 0 Å². The molecule has 1 aliphatic rings. The predicted molar refractivity (Wildman–Crippen MR) is 108 cm³/mol. The molecule has 2 aromatic carbocycles. The number of aliphatic hydroxyl groups excluding tert-OH is 1. The van der Waals surface area contributed by atoms with E-state index in [1.165, 1.54) is 12.1 Å². The van der Waals surface area contributed by atoms with Crippen molar-refractivity contribution in [3.05, 3.63) is 82.4 Å². The zero-order valence-corrected chi connectivity index (χ0v) is 17.2. The average molecular weight is 436 g/mol. The van der Waals surface area contributed by atoms with E-state index in [0.717, 1.165) is 23.1 Å². The predicted octanol–water partition coefficient (Wildman–Crippen LogP) is 5.33. The van der Waals surface area contributed by atoms with Crippen LogP contribution in [0.2, 0.25) is 5.02 Å². The number of fused-ring (bicyclic) bond motifs is 1. The number of rotatable bonds is 3. The Morgan fingerprint density at radius 2 is 1.80 bits per heavy atom. The highest BCUT2D eigenvalue weighted by Crippen LogP contribution is 2.43. The molecule has 0 saturated heterocycles. The summed E-state index contributed by atoms with van der Waals surface area (Å²) in [5, 5.41) is 10.6. The summed E-state index contributed by atoms with van der Waals surface area (Å²) in [5.74, 6) is 0. The third-order valence-corrected chi connectivity index (χ3v) is 6.12. The van der Waals surface area contributed by atoms with Gasteiger partial charge in [0.25, 0.3) is 0 Å². The van der Waals surface area contributed by atoms with Gasteiger partial charge in [0.2, 0.25) is 0 Å². The average Bonchev–Trinajstić information content (AvgIpc) is 3.13. The second kappa shape index (κ2) is 7.41. The van der Waals surface area contributed by atoms with E-state index in [-0.39, 0.29) is 5.56 Å². The van der Waals surface area contributed by atoms with E-state index in [1.54, 1.807) is 11.2 Å². The number of hydrogen-bond donors (Lipinski definition) is 1. The maximum absolute atomic E-state index is 13.3. The van der Waals surface area contributed by atoms with Gasteiger partial charge in [0.15, 0.2) is 0 Å². The summed E-state index contributed by atoms with van der Waals surface area (Å²) in [6.45, 7) is 4.24. The number of nitrogens with zero attached hydrogens (tertiary/aromatic N) is 3. The normalized spacial score (nSPS) is 17.6. The molecule has 0 amide bonds. The molecule has 1 aliphatic heterocycles. The summed E-state index contributed by atoms with van der Waals surface area (Å²) in [6.07, 6.45) is -3.56. The fraction of sp³-hybridized carbons (Fsp3) is 0.318. The van der Waals surface area contributed by atoms with E-state index in [2.05, 4.69) is 4.98 Å². The van der Waals surface area contributed by atoms with Gasteiger partial charge in [-0.05, 0) is 32.0 Å². The van der Waals surface area contributed by atoms with Gasteiger partial charge >= 0.3 is 6.18 Å². The molecular weight excluding hydrogens is 415 g/mol. The third kappa shape index (κ3) is 3.41. The summed E-state index contributed by atoms with van der Waals surface area (Å²) in [5.41, 5.74) is 1.14. The molecular formula is C22H21ClF3N3O. The van der Waals surface area contributed by atoms with Gasteiger partial charge in [-0.2, -0.15) is 13.2 Å². The Kier molecular flexibility index (Phi) is 5.16. The van der Waals surface area contributed by atoms with Crippen molar-refractivity contribution >= 4 is 11.6 Å². The molecule has 158 valence electrons. The maximum atomic E-state index is 13.3. The molecule has 2 heterocycles. The van der Waals surface area contributed by atoms with Crippen molar-refractivity contribution in [3.8, 4) is 5.69 Å². The molecule has 0 fully saturated rings. The van der Waals surface area contributed by atoms with E-state index in [9.17, 15) is 18.3 Å². The monoisotopic (exact) mass is 435 g/mol. The van der Waals surface area contributed by atoms with E-state index < -0.39 is 28.5 Å². The molecule has 0 bridgehead atoms. The second-order valence-electron chi connectivity index (χ2n) is 7.83. The first-order valence-corrected chi connectivity index (χ1v) is 9.92. The number of alkyl halides is 3. The van der Waals surface area contributed by atoms with Crippen LogP contribution in [0.25, 0.3) is 5.69 Å². The highest BCUT2D eigenvalue weighted by molar-refractivity contribution is 6.32. The molecule has 0 spiro atoms. The summed E-state index contributed by atoms with van der Waals surface area (Å²) < 4.78 is 41.8. The van der Waals surface area contributed by atoms with Crippen molar-refractivity contribution in [1.82, 2.24) is 14.5 Å². The first kappa shape index (κ1) is 20.9. The molecule has 3 aromatic rings. The summed E-state index contributed by atoms with van der Waals surface area (Å²) in [4.78, 5) is 6.32. The molecule has 0 saturated carbocycles. The number of imidazole rings is 1. The topological polar surface area (TPSA) is 41.3 Å². The third-order valence-electron chi connectivity index (χ3n) is 5.70. The Morgan fingerprint density at radius 1 is 1.10 bits per heavy atom. The Labute approximate surface area is 177 Å². The van der Waals surface area contributed by atoms with Crippen LogP contribution in [0.15, 0.2) is 54.9 Å². The molecule has 4 rings (SSSR count). The largest absolute Gasteiger partial charge is 0.417 e. The first-order valence-electron chi connectivity index (χ1n) is 9.55. The lowest BCUT2D eigenvalue weighted by Gasteiger charge is -2.44. The Morgan fingerprint density at radius 3 is 2.47 bits per heavy atom. The highest BCUT2D eigenvalue weighted by Gasteiger charge is 2.43. The van der Waals surface area contributed by atoms with E-state index in [4.69, 9.17) is 11.6 Å². The smallest absolute Gasteiger partial charge is 0.374 e. The minimum Gasteiger partial charge on any atom is -0.374 e. The van der Waals surface area contributed by atoms with Gasteiger partial charge in [0.05, 0.1) is 28.1 Å². The van der Waals surface area contributed by atoms with Crippen LogP contribution in [-0.2, 0) is 18.1 Å². The lowest BCUT2D eigenvalue weighted by Crippen LogP contribution is -2.49. The lowest BCUT2D eigenvalue weighted by atomic mass is 9.89. The van der Waals surface area contributed by atoms with Gasteiger partial charge in [-0.3, -0.25) is 4.90 Å². The van der Waals surface area contributed by atoms with Crippen LogP contribution < -0.4 is 0 Å². The van der Waals surface area contributed by atoms with Crippen molar-refractivity contribution in [2.75, 3.05) is 6.54 Å². The number of halogens is 4. The first-order chi connectivity index (χ1) is 14.1. The highest BCUT2D eigenvalue weighted by atomic mass is 35.5. The fourth-order valence-corrected chi connectivity index (χ4v) is 4.47. The molecule has 30 heavy (non-hydrogen) atoms. The number of aliphatic hydroxyl groups is 1. The Bertz CT molecular complexity index is 1060. The number of aromatic nitrogens is 2. The summed E-state index contributed by atoms with van der Waals surface area (Å²) in [6, 6.07) is 13.4. The maximum Gasteiger partial charge on any atom is 0.417 e. The fourth-order valence-electron chi connectivity index (χ4n) is 4.14. The van der Waals surface area contributed by atoms with E-state index >= 15 is 0 Å². The molecule has 1 aromatic heterocycles. The molecule has 1 atom stereocenters. The van der Waals surface area contributed by atoms with Gasteiger partial charge in [-0.1, -0.05) is 41.9 Å². The van der Waals surface area contributed by atoms with Gasteiger partial charge in [0.1, 0.15) is 6.23 Å². The number of benzene rings is 2. The molecule has 4 nitrogen and oxygen atoms in total. The molecule has 1 unspecified atom stereocenters. The molecule has 8 heteroatoms. The van der Waals surface area contributed by atoms with E-state index in [0.29, 0.717) is 13.0 Å². The lowest BCUT2D eigenvalue weighted by molar-refractivity contribution is -0.137. The van der Waals surface area contributed by atoms with Gasteiger partial charge in [-0.15, -0.1) is 0 Å². The van der Waals surface area contributed by atoms with Gasteiger partial charge in [-0.25, -0.2) is 4.98 Å². The van der Waals surface area contributed by atoms with Crippen molar-refractivity contribution in [2.24, 2.45) is 0 Å². The van der Waals surface area contributed by atoms with Crippen LogP contribution in [0, 0.1) is 0 Å². The SMILES string of the molecule is CC1(C)c2ncn(-c3ccccc3)c2CCN1C(O)c1cccc(C(F)(F)F)c1Cl. The van der Waals surface area contributed by atoms with Crippen LogP contribution in [0.3, 0.4) is 0 Å². The number of hydrogen-bond acceptors (Lipinski definition) is 3. The Hall–Kier alpha value is -2.35. The van der Waals surface area contributed by atoms with Gasteiger partial charge in [0, 0.05) is 29.9 Å². The summed E-state index contributed by atoms with van der Waals surface area (Å²) in [7, 11) is 0. The van der Waals surface area contributed by atoms with Crippen LogP contribution in [-0.4, -0.2) is 26.1 Å². The zero-order chi connectivity index (χ0) is 21.7. The minimum absolute atomic E-state index is 0.0329. The molecule has 0 aliphatic carbocycles. The summed E-state index contributed by atoms with van der Waals surface area (Å²) >= 11 is 6.06. The number of para-hydroxylation sites is 1. The minimum atomic E-state index is -4.59. The van der Waals surface area contributed by atoms with Gasteiger partial charge < -0.3 is 9.67 Å². The van der Waals surface area contributed by atoms with Crippen molar-refractivity contribution in [2.45, 2.75) is 38.2 Å². The molecule has 0 radical (unpaired) electrons.